The normalized spacial score (nSPS) is 17.2. The van der Waals surface area contributed by atoms with Crippen LogP contribution in [0.15, 0.2) is 232 Å². The number of aromatic nitrogens is 8. The largest absolute Gasteiger partial charge is 0.501 e. The average molecular weight is 2080 g/mol. The van der Waals surface area contributed by atoms with Crippen molar-refractivity contribution in [3.8, 4) is 23.0 Å². The zero-order valence-electron chi connectivity index (χ0n) is 83.5. The van der Waals surface area contributed by atoms with Gasteiger partial charge in [0.2, 0.25) is 34.8 Å². The minimum absolute atomic E-state index is 0. The Morgan fingerprint density at radius 1 is 0.393 bits per heavy atom. The van der Waals surface area contributed by atoms with Gasteiger partial charge in [0.05, 0.1) is 6.61 Å². The second kappa shape index (κ2) is 47.8. The van der Waals surface area contributed by atoms with E-state index in [1.807, 2.05) is 246 Å². The van der Waals surface area contributed by atoms with Crippen molar-refractivity contribution in [2.24, 2.45) is 0 Å². The maximum Gasteiger partial charge on any atom is 0.316 e. The minimum Gasteiger partial charge on any atom is -0.501 e. The molecule has 4 amide bonds. The molecule has 32 heteroatoms. The van der Waals surface area contributed by atoms with Gasteiger partial charge in [-0.25, -0.2) is 22.5 Å². The second-order valence-corrected chi connectivity index (χ2v) is 39.5. The molecule has 0 radical (unpaired) electrons. The number of Topliss-reactive ketones (excluding diaryl/α,β-unsaturated/α-hetero) is 2. The first-order valence-electron chi connectivity index (χ1n) is 49.7. The molecule has 145 heavy (non-hydrogen) atoms. The number of carbonyl (C=O) groups excluding carboxylic acids is 6. The number of rotatable bonds is 28. The number of amides is 4. The SMILES string of the molecule is CC(C)N1CCn2c(CC3(c4ccccc4)CCC(=O)CC3)nc(=O)c(OCc3ccccc3)c2C1=O.CC(C)N1CCn2c(CC3(c4ccccc4)CCC(F)(F)CC3)nc(=O)c(O)c2C1=O.CC(C)N1CCn2c(CC3(c4ccccc4)CCC(F)(F)CC3)nc(=O)c(OCc3ccccc3)c2C1=O.CCN(CCO)C(=O)c1nc(CC2(c3ccccc3)CCC(=O)CC2)[nH]c(=O)c1OCc1ccccc1.[CH3-].[Pd]. The summed E-state index contributed by atoms with van der Waals surface area (Å²) in [6.45, 7) is 16.8. The third-order valence-electron chi connectivity index (χ3n) is 29.4. The summed E-state index contributed by atoms with van der Waals surface area (Å²) in [4.78, 5) is 158. The average Bonchev–Trinajstić information content (AvgIpc) is 0.749. The number of aromatic amines is 1. The van der Waals surface area contributed by atoms with Crippen molar-refractivity contribution < 1.29 is 91.2 Å². The Kier molecular flexibility index (Phi) is 35.9. The Labute approximate surface area is 855 Å². The van der Waals surface area contributed by atoms with Crippen molar-refractivity contribution in [1.82, 2.24) is 58.2 Å². The van der Waals surface area contributed by atoms with Gasteiger partial charge in [0.15, 0.2) is 22.8 Å². The van der Waals surface area contributed by atoms with E-state index in [-0.39, 0.29) is 211 Å². The van der Waals surface area contributed by atoms with Crippen molar-refractivity contribution in [3.05, 3.63) is 346 Å². The quantitative estimate of drug-likeness (QED) is 0.0233. The van der Waals surface area contributed by atoms with Gasteiger partial charge in [-0.15, -0.1) is 0 Å². The van der Waals surface area contributed by atoms with Crippen LogP contribution in [0.25, 0.3) is 0 Å². The molecule has 7 aromatic carbocycles. The number of benzene rings is 7. The topological polar surface area (TPSA) is 334 Å². The van der Waals surface area contributed by atoms with E-state index in [1.54, 1.807) is 30.8 Å². The third kappa shape index (κ3) is 25.1. The Bertz CT molecular complexity index is 6580. The number of hydrogen-bond acceptors (Lipinski definition) is 19. The monoisotopic (exact) mass is 2080 g/mol. The predicted octanol–water partition coefficient (Wildman–Crippen LogP) is 17.1. The van der Waals surface area contributed by atoms with Crippen molar-refractivity contribution in [2.45, 2.75) is 268 Å². The summed E-state index contributed by atoms with van der Waals surface area (Å²) in [6, 6.07) is 67.5. The van der Waals surface area contributed by atoms with Crippen LogP contribution in [0.4, 0.5) is 17.6 Å². The molecule has 11 aromatic rings. The number of ether oxygens (including phenoxy) is 3. The van der Waals surface area contributed by atoms with Crippen LogP contribution in [0, 0.1) is 7.43 Å². The maximum absolute atomic E-state index is 14.2. The molecular formula is C113H129F4N12O15Pd-. The Morgan fingerprint density at radius 2 is 0.683 bits per heavy atom. The molecule has 4 fully saturated rings. The number of H-pyrrole nitrogens is 1. The fourth-order valence-corrected chi connectivity index (χ4v) is 21.2. The number of nitrogens with one attached hydrogen (secondary N) is 1. The molecular weight excluding hydrogens is 1950 g/mol. The van der Waals surface area contributed by atoms with Crippen LogP contribution in [0.5, 0.6) is 23.0 Å². The first-order valence-corrected chi connectivity index (χ1v) is 49.7. The Balaban J connectivity index is 0.000000162. The minimum atomic E-state index is -2.70. The molecule has 18 rings (SSSR count). The van der Waals surface area contributed by atoms with Gasteiger partial charge < -0.3 is 70.1 Å². The van der Waals surface area contributed by atoms with Gasteiger partial charge in [-0.1, -0.05) is 212 Å². The first-order chi connectivity index (χ1) is 68.7. The molecule has 4 saturated carbocycles. The number of aliphatic hydroxyl groups excluding tert-OH is 1. The van der Waals surface area contributed by atoms with Crippen molar-refractivity contribution >= 4 is 35.2 Å². The molecule has 27 nitrogen and oxygen atoms in total. The fraction of sp³-hybridized carbons (Fsp3) is 0.425. The first kappa shape index (κ1) is 109. The zero-order valence-corrected chi connectivity index (χ0v) is 85.1. The van der Waals surface area contributed by atoms with E-state index in [9.17, 15) is 75.7 Å². The van der Waals surface area contributed by atoms with E-state index in [4.69, 9.17) is 14.2 Å². The van der Waals surface area contributed by atoms with Crippen LogP contribution in [0.1, 0.15) is 255 Å². The molecule has 0 atom stereocenters. The number of nitrogens with zero attached hydrogens (tertiary/aromatic N) is 11. The summed E-state index contributed by atoms with van der Waals surface area (Å²) in [5.41, 5.74) is 2.64. The van der Waals surface area contributed by atoms with Crippen LogP contribution >= 0.6 is 0 Å². The van der Waals surface area contributed by atoms with E-state index in [2.05, 4.69) is 37.1 Å². The van der Waals surface area contributed by atoms with Crippen LogP contribution in [-0.4, -0.2) is 173 Å². The van der Waals surface area contributed by atoms with Crippen LogP contribution < -0.4 is 36.4 Å². The summed E-state index contributed by atoms with van der Waals surface area (Å²) >= 11 is 0. The van der Waals surface area contributed by atoms with Crippen molar-refractivity contribution in [2.75, 3.05) is 39.3 Å². The summed E-state index contributed by atoms with van der Waals surface area (Å²) in [5.74, 6) is -5.35. The predicted molar refractivity (Wildman–Crippen MR) is 539 cm³/mol. The van der Waals surface area contributed by atoms with E-state index < -0.39 is 62.5 Å². The van der Waals surface area contributed by atoms with Gasteiger partial charge in [-0.2, -0.15) is 15.0 Å². The van der Waals surface area contributed by atoms with E-state index in [0.29, 0.717) is 140 Å². The number of alkyl halides is 4. The number of halogens is 4. The smallest absolute Gasteiger partial charge is 0.316 e. The molecule has 0 bridgehead atoms. The second-order valence-electron chi connectivity index (χ2n) is 39.5. The molecule has 4 aromatic heterocycles. The van der Waals surface area contributed by atoms with Gasteiger partial charge in [0.1, 0.15) is 54.7 Å². The number of hydrogen-bond donors (Lipinski definition) is 3. The summed E-state index contributed by atoms with van der Waals surface area (Å²) in [6.07, 6.45) is 6.13. The van der Waals surface area contributed by atoms with Crippen LogP contribution in [-0.2, 0) is 117 Å². The molecule has 4 aliphatic carbocycles. The number of fused-ring (bicyclic) bond motifs is 3. The van der Waals surface area contributed by atoms with Gasteiger partial charge in [-0.3, -0.25) is 47.9 Å². The number of ketones is 2. The number of likely N-dealkylation sites (N-methyl/N-ethyl adjacent to an activating group) is 1. The van der Waals surface area contributed by atoms with E-state index in [1.165, 1.54) is 4.90 Å². The molecule has 3 aliphatic heterocycles. The van der Waals surface area contributed by atoms with Crippen molar-refractivity contribution in [3.63, 3.8) is 0 Å². The zero-order chi connectivity index (χ0) is 102. The van der Waals surface area contributed by atoms with Gasteiger partial charge in [0, 0.05) is 190 Å². The molecule has 0 spiro atoms. The van der Waals surface area contributed by atoms with E-state index >= 15 is 0 Å². The fourth-order valence-electron chi connectivity index (χ4n) is 21.2. The van der Waals surface area contributed by atoms with Crippen molar-refractivity contribution in [1.29, 1.82) is 0 Å². The maximum atomic E-state index is 14.2. The number of carbonyl (C=O) groups is 6. The molecule has 7 aliphatic rings. The summed E-state index contributed by atoms with van der Waals surface area (Å²) in [7, 11) is 0. The van der Waals surface area contributed by atoms with Gasteiger partial charge in [0.25, 0.3) is 29.2 Å². The molecule has 770 valence electrons. The number of aliphatic hydroxyl groups is 1. The van der Waals surface area contributed by atoms with E-state index in [0.717, 1.165) is 38.9 Å². The number of aromatic hydroxyl groups is 1. The Hall–Kier alpha value is -13.2. The van der Waals surface area contributed by atoms with Crippen LogP contribution in [0.3, 0.4) is 0 Å². The summed E-state index contributed by atoms with van der Waals surface area (Å²) in [5, 5.41) is 19.8. The molecule has 3 N–H and O–H groups in total. The summed E-state index contributed by atoms with van der Waals surface area (Å²) < 4.78 is 79.6. The van der Waals surface area contributed by atoms with Gasteiger partial charge in [-0.05, 0) is 139 Å². The van der Waals surface area contributed by atoms with Crippen LogP contribution in [0.2, 0.25) is 0 Å². The molecule has 0 saturated heterocycles. The van der Waals surface area contributed by atoms with Gasteiger partial charge >= 0.3 is 16.7 Å². The Morgan fingerprint density at radius 3 is 1.00 bits per heavy atom. The molecule has 0 unspecified atom stereocenters. The third-order valence-corrected chi connectivity index (χ3v) is 29.4. The standard InChI is InChI=1S/C30H33F2N3O3.C30H33N3O4.C29H33N3O5.C23H27F2N3O3.CH3.Pd/c1-21(2)34-17-18-35-24(19-29(23-11-7-4-8-12-23)13-15-30(31,32)16-14-29)33-27(36)26(25(35)28(34)37)38-20-22-9-5-3-6-10-22;1-21(2)32-17-18-33-25(19-30(15-13-24(34)14-16-30)23-11-7-4-8-12-23)31-28(35)27(26(33)29(32)36)37-20-22-9-5-3-6-10-22;1-2-32(17-18-33)28(36)25-26(37-20-21-9-5-3-6-10-21)27(35)31-24(30-25)19-29(15-13-23(34)14-16-29)22-11-7-4-8-12-22;1-15(2)27-12-13-28-17(26-20(30)19(29)18(28)21(27)31)14-22(16-6-4-3-5-7-16)8-10-23(24,25)11-9-22;;/h3-12,21H,13-20H2,1-2H3;3-12,21H,13-20H2,1-2H3;3-12,33H,2,13-20H2,1H3,(H,30,31,35);3-7,15,29H,8-14H2,1-2H3;1H3;/q;;;;-1;. The molecule has 7 heterocycles.